The number of hydrogen-bond donors (Lipinski definition) is 2. The van der Waals surface area contributed by atoms with Gasteiger partial charge in [-0.1, -0.05) is 30.7 Å². The minimum Gasteiger partial charge on any atom is -0.370 e. The number of nitrogens with zero attached hydrogens (tertiary/aromatic N) is 3. The van der Waals surface area contributed by atoms with Crippen molar-refractivity contribution in [2.24, 2.45) is 11.1 Å². The number of nitrogens with two attached hydrogens (primary N) is 1. The smallest absolute Gasteiger partial charge is 0.268 e. The van der Waals surface area contributed by atoms with Crippen molar-refractivity contribution in [2.45, 2.75) is 19.4 Å². The van der Waals surface area contributed by atoms with Crippen molar-refractivity contribution in [2.75, 3.05) is 46.3 Å². The molecule has 2 aliphatic rings. The first-order chi connectivity index (χ1) is 14.7. The summed E-state index contributed by atoms with van der Waals surface area (Å²) >= 11 is 6.18. The third-order valence-corrected chi connectivity index (χ3v) is 6.83. The highest BCUT2D eigenvalue weighted by Gasteiger charge is 2.42. The first-order valence-corrected chi connectivity index (χ1v) is 11.1. The van der Waals surface area contributed by atoms with Gasteiger partial charge in [0, 0.05) is 67.9 Å². The summed E-state index contributed by atoms with van der Waals surface area (Å²) in [6.45, 7) is 7.23. The van der Waals surface area contributed by atoms with E-state index < -0.39 is 5.41 Å². The van der Waals surface area contributed by atoms with Crippen molar-refractivity contribution in [1.82, 2.24) is 19.7 Å². The number of carbonyl (C=O) groups is 2. The minimum absolute atomic E-state index is 0.0831. The predicted octanol–water partition coefficient (Wildman–Crippen LogP) is 2.22. The van der Waals surface area contributed by atoms with E-state index in [0.29, 0.717) is 17.3 Å². The molecule has 0 saturated carbocycles. The predicted molar refractivity (Wildman–Crippen MR) is 122 cm³/mol. The number of aromatic nitrogens is 1. The topological polar surface area (TPSA) is 83.6 Å². The second-order valence-corrected chi connectivity index (χ2v) is 9.57. The lowest BCUT2D eigenvalue weighted by Gasteiger charge is -2.45. The van der Waals surface area contributed by atoms with E-state index in [1.807, 2.05) is 41.1 Å². The van der Waals surface area contributed by atoms with Gasteiger partial charge in [0.25, 0.3) is 5.91 Å². The molecule has 0 unspecified atom stereocenters. The van der Waals surface area contributed by atoms with Crippen LogP contribution in [0, 0.1) is 5.41 Å². The molecule has 8 heteroatoms. The first-order valence-electron chi connectivity index (χ1n) is 10.7. The van der Waals surface area contributed by atoms with Crippen molar-refractivity contribution in [3.05, 3.63) is 47.2 Å². The van der Waals surface area contributed by atoms with E-state index in [1.165, 1.54) is 0 Å². The molecule has 1 fully saturated rings. The van der Waals surface area contributed by atoms with E-state index >= 15 is 0 Å². The van der Waals surface area contributed by atoms with E-state index in [-0.39, 0.29) is 24.3 Å². The molecule has 4 rings (SSSR count). The van der Waals surface area contributed by atoms with Gasteiger partial charge in [-0.05, 0) is 30.8 Å². The molecule has 2 aliphatic heterocycles. The number of halogens is 1. The standard InChI is InChI=1S/C23H30ClN5O2/c1-23(12-21(25)30,15-28-8-6-27(2)7-9-28)20-13-26-22(31)19-11-17(14-29(19)20)16-4-3-5-18(24)10-16/h3-5,10-11,14,20H,6-9,12-13,15H2,1-2H3,(H2,25,30)(H,26,31)/t20-,23-/m0/s1. The lowest BCUT2D eigenvalue weighted by atomic mass is 9.77. The fourth-order valence-corrected chi connectivity index (χ4v) is 5.09. The molecule has 2 atom stereocenters. The van der Waals surface area contributed by atoms with Gasteiger partial charge >= 0.3 is 0 Å². The molecule has 0 bridgehead atoms. The third-order valence-electron chi connectivity index (χ3n) is 6.59. The zero-order valence-corrected chi connectivity index (χ0v) is 18.9. The van der Waals surface area contributed by atoms with Crippen molar-refractivity contribution in [3.63, 3.8) is 0 Å². The highest BCUT2D eigenvalue weighted by molar-refractivity contribution is 6.30. The average molecular weight is 444 g/mol. The zero-order chi connectivity index (χ0) is 22.2. The summed E-state index contributed by atoms with van der Waals surface area (Å²) in [6, 6.07) is 9.41. The Labute approximate surface area is 188 Å². The summed E-state index contributed by atoms with van der Waals surface area (Å²) < 4.78 is 2.04. The summed E-state index contributed by atoms with van der Waals surface area (Å²) in [4.78, 5) is 29.4. The Morgan fingerprint density at radius 2 is 1.97 bits per heavy atom. The number of primary amides is 1. The van der Waals surface area contributed by atoms with Gasteiger partial charge in [-0.3, -0.25) is 9.59 Å². The average Bonchev–Trinajstić information content (AvgIpc) is 3.15. The molecule has 3 N–H and O–H groups in total. The lowest BCUT2D eigenvalue weighted by molar-refractivity contribution is -0.121. The van der Waals surface area contributed by atoms with Crippen LogP contribution in [0.3, 0.4) is 0 Å². The molecule has 1 aromatic carbocycles. The number of rotatable bonds is 6. The first kappa shape index (κ1) is 21.9. The Kier molecular flexibility index (Phi) is 6.10. The molecule has 0 spiro atoms. The zero-order valence-electron chi connectivity index (χ0n) is 18.1. The van der Waals surface area contributed by atoms with Gasteiger partial charge in [-0.2, -0.15) is 0 Å². The van der Waals surface area contributed by atoms with E-state index in [1.54, 1.807) is 0 Å². The van der Waals surface area contributed by atoms with Crippen LogP contribution in [0.5, 0.6) is 0 Å². The van der Waals surface area contributed by atoms with Crippen molar-refractivity contribution in [3.8, 4) is 11.1 Å². The highest BCUT2D eigenvalue weighted by atomic mass is 35.5. The number of benzene rings is 1. The molecule has 2 amide bonds. The van der Waals surface area contributed by atoms with E-state index in [0.717, 1.165) is 43.9 Å². The van der Waals surface area contributed by atoms with E-state index in [4.69, 9.17) is 17.3 Å². The second-order valence-electron chi connectivity index (χ2n) is 9.13. The normalized spacial score (nSPS) is 21.9. The number of fused-ring (bicyclic) bond motifs is 1. The van der Waals surface area contributed by atoms with Gasteiger partial charge in [-0.15, -0.1) is 0 Å². The number of likely N-dealkylation sites (N-methyl/N-ethyl adjacent to an activating group) is 1. The largest absolute Gasteiger partial charge is 0.370 e. The summed E-state index contributed by atoms with van der Waals surface area (Å²) in [5.41, 5.74) is 7.76. The van der Waals surface area contributed by atoms with Crippen LogP contribution in [0.1, 0.15) is 29.9 Å². The maximum Gasteiger partial charge on any atom is 0.268 e. The number of piperazine rings is 1. The van der Waals surface area contributed by atoms with Gasteiger partial charge in [0.1, 0.15) is 5.69 Å². The maximum atomic E-state index is 12.7. The Bertz CT molecular complexity index is 982. The van der Waals surface area contributed by atoms with Crippen LogP contribution in [-0.4, -0.2) is 72.5 Å². The minimum atomic E-state index is -0.422. The van der Waals surface area contributed by atoms with Crippen molar-refractivity contribution >= 4 is 23.4 Å². The quantitative estimate of drug-likeness (QED) is 0.717. The van der Waals surface area contributed by atoms with Gasteiger partial charge in [0.2, 0.25) is 5.91 Å². The van der Waals surface area contributed by atoms with Crippen LogP contribution in [0.4, 0.5) is 0 Å². The molecule has 1 aromatic heterocycles. The van der Waals surface area contributed by atoms with Gasteiger partial charge in [0.05, 0.1) is 6.04 Å². The second kappa shape index (κ2) is 8.65. The van der Waals surface area contributed by atoms with Crippen LogP contribution in [0.25, 0.3) is 11.1 Å². The fourth-order valence-electron chi connectivity index (χ4n) is 4.90. The Morgan fingerprint density at radius 3 is 2.65 bits per heavy atom. The number of carbonyl (C=O) groups excluding carboxylic acids is 2. The molecular weight excluding hydrogens is 414 g/mol. The third kappa shape index (κ3) is 4.63. The number of nitrogens with one attached hydrogen (secondary N) is 1. The summed E-state index contributed by atoms with van der Waals surface area (Å²) in [5.74, 6) is -0.428. The Morgan fingerprint density at radius 1 is 1.23 bits per heavy atom. The van der Waals surface area contributed by atoms with Crippen LogP contribution in [0.2, 0.25) is 5.02 Å². The maximum absolute atomic E-state index is 12.7. The summed E-state index contributed by atoms with van der Waals surface area (Å²) in [7, 11) is 2.13. The Balaban J connectivity index is 1.69. The highest BCUT2D eigenvalue weighted by Crippen LogP contribution is 2.40. The SMILES string of the molecule is CN1CCN(C[C@](C)(CC(N)=O)[C@@H]2CNC(=O)c3cc(-c4cccc(Cl)c4)cn32)CC1. The Hall–Kier alpha value is -2.35. The monoisotopic (exact) mass is 443 g/mol. The van der Waals surface area contributed by atoms with Crippen LogP contribution < -0.4 is 11.1 Å². The molecule has 166 valence electrons. The van der Waals surface area contributed by atoms with Gasteiger partial charge in [-0.25, -0.2) is 0 Å². The lowest BCUT2D eigenvalue weighted by Crippen LogP contribution is -2.53. The number of hydrogen-bond acceptors (Lipinski definition) is 4. The van der Waals surface area contributed by atoms with Crippen LogP contribution in [-0.2, 0) is 4.79 Å². The van der Waals surface area contributed by atoms with Crippen LogP contribution in [0.15, 0.2) is 36.5 Å². The van der Waals surface area contributed by atoms with Crippen molar-refractivity contribution < 1.29 is 9.59 Å². The van der Waals surface area contributed by atoms with Crippen molar-refractivity contribution in [1.29, 1.82) is 0 Å². The van der Waals surface area contributed by atoms with E-state index in [9.17, 15) is 9.59 Å². The van der Waals surface area contributed by atoms with Crippen LogP contribution >= 0.6 is 11.6 Å². The van der Waals surface area contributed by atoms with Gasteiger partial charge in [0.15, 0.2) is 0 Å². The van der Waals surface area contributed by atoms with Gasteiger partial charge < -0.3 is 25.4 Å². The molecule has 7 nitrogen and oxygen atoms in total. The molecule has 0 radical (unpaired) electrons. The molecule has 2 aromatic rings. The summed E-state index contributed by atoms with van der Waals surface area (Å²) in [5, 5.41) is 3.67. The molecule has 1 saturated heterocycles. The molecule has 0 aliphatic carbocycles. The molecule has 3 heterocycles. The molecule has 31 heavy (non-hydrogen) atoms. The molecular formula is C23H30ClN5O2. The van der Waals surface area contributed by atoms with E-state index in [2.05, 4.69) is 29.1 Å². The fraction of sp³-hybridized carbons (Fsp3) is 0.478. The number of amides is 2. The summed E-state index contributed by atoms with van der Waals surface area (Å²) in [6.07, 6.45) is 2.26.